The molecular formula is C20H24N2O4. The van der Waals surface area contributed by atoms with Crippen LogP contribution in [0.3, 0.4) is 0 Å². The van der Waals surface area contributed by atoms with Crippen LogP contribution in [0.4, 0.5) is 5.69 Å². The Balaban J connectivity index is 1.41. The van der Waals surface area contributed by atoms with E-state index < -0.39 is 4.92 Å². The average Bonchev–Trinajstić information content (AvgIpc) is 2.68. The number of nitro groups is 1. The summed E-state index contributed by atoms with van der Waals surface area (Å²) in [6.07, 6.45) is 2.20. The number of nitro benzene ring substituents is 1. The van der Waals surface area contributed by atoms with Crippen molar-refractivity contribution in [3.8, 4) is 5.75 Å². The maximum atomic E-state index is 10.7. The maximum absolute atomic E-state index is 10.7. The van der Waals surface area contributed by atoms with Gasteiger partial charge in [0, 0.05) is 25.2 Å². The highest BCUT2D eigenvalue weighted by atomic mass is 16.6. The first-order valence-electron chi connectivity index (χ1n) is 8.96. The number of hydrogen-bond donors (Lipinski definition) is 0. The molecule has 0 radical (unpaired) electrons. The highest BCUT2D eigenvalue weighted by molar-refractivity contribution is 5.33. The van der Waals surface area contributed by atoms with Crippen molar-refractivity contribution in [3.05, 3.63) is 69.8 Å². The lowest BCUT2D eigenvalue weighted by Crippen LogP contribution is -2.36. The molecule has 0 spiro atoms. The Morgan fingerprint density at radius 2 is 1.65 bits per heavy atom. The minimum absolute atomic E-state index is 0.0928. The normalized spacial score (nSPS) is 14.9. The molecule has 1 heterocycles. The maximum Gasteiger partial charge on any atom is 0.269 e. The molecule has 6 heteroatoms. The molecule has 0 atom stereocenters. The van der Waals surface area contributed by atoms with E-state index in [1.54, 1.807) is 12.1 Å². The number of benzene rings is 2. The predicted molar refractivity (Wildman–Crippen MR) is 99.5 cm³/mol. The van der Waals surface area contributed by atoms with Crippen LogP contribution >= 0.6 is 0 Å². The van der Waals surface area contributed by atoms with Gasteiger partial charge in [-0.3, -0.25) is 15.0 Å². The summed E-state index contributed by atoms with van der Waals surface area (Å²) in [6.45, 7) is 5.28. The van der Waals surface area contributed by atoms with Gasteiger partial charge < -0.3 is 9.47 Å². The summed E-state index contributed by atoms with van der Waals surface area (Å²) in [4.78, 5) is 12.7. The number of hydrogen-bond acceptors (Lipinski definition) is 5. The molecule has 26 heavy (non-hydrogen) atoms. The van der Waals surface area contributed by atoms with Crippen LogP contribution < -0.4 is 4.74 Å². The zero-order valence-corrected chi connectivity index (χ0v) is 14.8. The highest BCUT2D eigenvalue weighted by Crippen LogP contribution is 2.17. The quantitative estimate of drug-likeness (QED) is 0.535. The molecule has 0 N–H and O–H groups in total. The van der Waals surface area contributed by atoms with Crippen molar-refractivity contribution in [2.75, 3.05) is 32.8 Å². The van der Waals surface area contributed by atoms with E-state index in [2.05, 4.69) is 17.0 Å². The summed E-state index contributed by atoms with van der Waals surface area (Å²) >= 11 is 0. The molecule has 6 nitrogen and oxygen atoms in total. The molecule has 2 aromatic rings. The molecule has 0 aliphatic carbocycles. The van der Waals surface area contributed by atoms with Crippen LogP contribution in [0.1, 0.15) is 17.5 Å². The first-order valence-corrected chi connectivity index (χ1v) is 8.96. The Hall–Kier alpha value is -2.44. The molecule has 0 amide bonds. The molecule has 1 saturated heterocycles. The van der Waals surface area contributed by atoms with Crippen molar-refractivity contribution in [3.63, 3.8) is 0 Å². The van der Waals surface area contributed by atoms with Crippen LogP contribution in [0.5, 0.6) is 5.75 Å². The Kier molecular flexibility index (Phi) is 6.57. The van der Waals surface area contributed by atoms with Crippen LogP contribution in [0.25, 0.3) is 0 Å². The van der Waals surface area contributed by atoms with Crippen molar-refractivity contribution >= 4 is 5.69 Å². The molecule has 138 valence electrons. The fourth-order valence-corrected chi connectivity index (χ4v) is 2.96. The Morgan fingerprint density at radius 3 is 2.31 bits per heavy atom. The molecule has 1 fully saturated rings. The smallest absolute Gasteiger partial charge is 0.269 e. The summed E-state index contributed by atoms with van der Waals surface area (Å²) in [5, 5.41) is 10.7. The first kappa shape index (κ1) is 18.4. The summed E-state index contributed by atoms with van der Waals surface area (Å²) in [7, 11) is 0. The number of rotatable bonds is 8. The van der Waals surface area contributed by atoms with Crippen LogP contribution in [0, 0.1) is 10.1 Å². The van der Waals surface area contributed by atoms with Gasteiger partial charge >= 0.3 is 0 Å². The van der Waals surface area contributed by atoms with Crippen LogP contribution in [0.15, 0.2) is 48.5 Å². The predicted octanol–water partition coefficient (Wildman–Crippen LogP) is 3.44. The molecule has 0 saturated carbocycles. The van der Waals surface area contributed by atoms with Gasteiger partial charge in [0.2, 0.25) is 0 Å². The van der Waals surface area contributed by atoms with Crippen LogP contribution in [-0.2, 0) is 17.8 Å². The number of non-ortho nitro benzene ring substituents is 1. The average molecular weight is 356 g/mol. The lowest BCUT2D eigenvalue weighted by molar-refractivity contribution is -0.384. The third kappa shape index (κ3) is 5.54. The van der Waals surface area contributed by atoms with E-state index in [9.17, 15) is 10.1 Å². The van der Waals surface area contributed by atoms with E-state index in [0.29, 0.717) is 6.61 Å². The molecular weight excluding hydrogens is 332 g/mol. The topological polar surface area (TPSA) is 64.8 Å². The van der Waals surface area contributed by atoms with Gasteiger partial charge in [0.05, 0.1) is 18.1 Å². The van der Waals surface area contributed by atoms with Crippen molar-refractivity contribution in [2.24, 2.45) is 0 Å². The lowest BCUT2D eigenvalue weighted by Gasteiger charge is -2.26. The SMILES string of the molecule is O=[N+]([O-])c1ccc(COc2ccc(CCCN3CCOCC3)cc2)cc1. The van der Waals surface area contributed by atoms with E-state index in [-0.39, 0.29) is 5.69 Å². The van der Waals surface area contributed by atoms with Gasteiger partial charge in [-0.1, -0.05) is 12.1 Å². The van der Waals surface area contributed by atoms with E-state index in [4.69, 9.17) is 9.47 Å². The summed E-state index contributed by atoms with van der Waals surface area (Å²) < 4.78 is 11.1. The number of aryl methyl sites for hydroxylation is 1. The van der Waals surface area contributed by atoms with Gasteiger partial charge in [0.1, 0.15) is 12.4 Å². The first-order chi connectivity index (χ1) is 12.7. The van der Waals surface area contributed by atoms with Gasteiger partial charge in [-0.2, -0.15) is 0 Å². The van der Waals surface area contributed by atoms with Crippen LogP contribution in [-0.4, -0.2) is 42.7 Å². The Morgan fingerprint density at radius 1 is 1.00 bits per heavy atom. The van der Waals surface area contributed by atoms with Crippen LogP contribution in [0.2, 0.25) is 0 Å². The van der Waals surface area contributed by atoms with Gasteiger partial charge in [0.15, 0.2) is 0 Å². The molecule has 0 aromatic heterocycles. The van der Waals surface area contributed by atoms with E-state index in [0.717, 1.165) is 57.0 Å². The molecule has 0 unspecified atom stereocenters. The lowest BCUT2D eigenvalue weighted by atomic mass is 10.1. The minimum Gasteiger partial charge on any atom is -0.489 e. The van der Waals surface area contributed by atoms with E-state index in [1.807, 2.05) is 12.1 Å². The zero-order valence-electron chi connectivity index (χ0n) is 14.8. The second kappa shape index (κ2) is 9.31. The second-order valence-corrected chi connectivity index (χ2v) is 6.41. The highest BCUT2D eigenvalue weighted by Gasteiger charge is 2.09. The van der Waals surface area contributed by atoms with Gasteiger partial charge in [0.25, 0.3) is 5.69 Å². The van der Waals surface area contributed by atoms with Crippen molar-refractivity contribution < 1.29 is 14.4 Å². The largest absolute Gasteiger partial charge is 0.489 e. The fraction of sp³-hybridized carbons (Fsp3) is 0.400. The van der Waals surface area contributed by atoms with Gasteiger partial charge in [-0.05, 0) is 54.8 Å². The third-order valence-electron chi connectivity index (χ3n) is 4.52. The van der Waals surface area contributed by atoms with E-state index >= 15 is 0 Å². The minimum atomic E-state index is -0.400. The molecule has 0 bridgehead atoms. The molecule has 1 aliphatic heterocycles. The standard InChI is InChI=1S/C20H24N2O4/c23-22(24)19-7-3-18(4-8-19)16-26-20-9-5-17(6-10-20)2-1-11-21-12-14-25-15-13-21/h3-10H,1-2,11-16H2. The van der Waals surface area contributed by atoms with Crippen molar-refractivity contribution in [1.82, 2.24) is 4.90 Å². The summed E-state index contributed by atoms with van der Waals surface area (Å²) in [5.74, 6) is 0.806. The molecule has 3 rings (SSSR count). The van der Waals surface area contributed by atoms with Gasteiger partial charge in [-0.15, -0.1) is 0 Å². The Bertz CT molecular complexity index is 695. The Labute approximate surface area is 153 Å². The van der Waals surface area contributed by atoms with Crippen molar-refractivity contribution in [2.45, 2.75) is 19.4 Å². The third-order valence-corrected chi connectivity index (χ3v) is 4.52. The molecule has 2 aromatic carbocycles. The fourth-order valence-electron chi connectivity index (χ4n) is 2.96. The van der Waals surface area contributed by atoms with Gasteiger partial charge in [-0.25, -0.2) is 0 Å². The number of nitrogens with zero attached hydrogens (tertiary/aromatic N) is 2. The van der Waals surface area contributed by atoms with Crippen molar-refractivity contribution in [1.29, 1.82) is 0 Å². The number of ether oxygens (including phenoxy) is 2. The summed E-state index contributed by atoms with van der Waals surface area (Å²) in [5.41, 5.74) is 2.31. The zero-order chi connectivity index (χ0) is 18.2. The summed E-state index contributed by atoms with van der Waals surface area (Å²) in [6, 6.07) is 14.6. The second-order valence-electron chi connectivity index (χ2n) is 6.41. The van der Waals surface area contributed by atoms with E-state index in [1.165, 1.54) is 17.7 Å². The number of morpholine rings is 1. The molecule has 1 aliphatic rings. The monoisotopic (exact) mass is 356 g/mol.